The van der Waals surface area contributed by atoms with E-state index in [9.17, 15) is 13.9 Å². The quantitative estimate of drug-likeness (QED) is 0.162. The molecule has 38 heavy (non-hydrogen) atoms. The molecule has 1 saturated carbocycles. The van der Waals surface area contributed by atoms with Crippen molar-refractivity contribution in [2.24, 2.45) is 0 Å². The van der Waals surface area contributed by atoms with Crippen LogP contribution in [0.15, 0.2) is 61.2 Å². The van der Waals surface area contributed by atoms with Crippen LogP contribution in [0.25, 0.3) is 11.1 Å². The number of aliphatic hydroxyl groups excluding tert-OH is 1. The summed E-state index contributed by atoms with van der Waals surface area (Å²) >= 11 is 0. The number of ether oxygens (including phenoxy) is 1. The molecule has 6 heteroatoms. The van der Waals surface area contributed by atoms with Gasteiger partial charge in [-0.1, -0.05) is 61.9 Å². The predicted octanol–water partition coefficient (Wildman–Crippen LogP) is 9.14. The van der Waals surface area contributed by atoms with E-state index in [1.165, 1.54) is 6.07 Å². The van der Waals surface area contributed by atoms with Gasteiger partial charge in [-0.15, -0.1) is 6.58 Å². The van der Waals surface area contributed by atoms with Crippen LogP contribution in [0.5, 0.6) is 5.75 Å². The van der Waals surface area contributed by atoms with Crippen LogP contribution in [0.2, 0.25) is 0 Å². The Morgan fingerprint density at radius 2 is 1.42 bits per heavy atom. The van der Waals surface area contributed by atoms with E-state index in [2.05, 4.69) is 6.58 Å². The molecule has 202 valence electrons. The first-order valence-corrected chi connectivity index (χ1v) is 13.3. The molecule has 1 unspecified atom stereocenters. The summed E-state index contributed by atoms with van der Waals surface area (Å²) < 4.78 is 65.0. The second-order valence-corrected chi connectivity index (χ2v) is 10.0. The maximum atomic E-state index is 15.2. The standard InChI is InChI=1S/C32H34F4O2/c1-3-5-19-38-28-18-17-26(31(35)32(28)36)21-9-7-20(8-10-21)24-15-16-25(30(34)29(24)33)22-11-13-23(14-12-22)27(37)6-4-2/h3,11-18,20-21,27,37H,1,4-10,19H2,2H3. The molecule has 0 amide bonds. The van der Waals surface area contributed by atoms with Crippen molar-refractivity contribution < 1.29 is 27.4 Å². The second-order valence-electron chi connectivity index (χ2n) is 10.0. The summed E-state index contributed by atoms with van der Waals surface area (Å²) in [6.45, 7) is 5.79. The van der Waals surface area contributed by atoms with Crippen molar-refractivity contribution in [1.82, 2.24) is 0 Å². The normalized spacial score (nSPS) is 18.3. The van der Waals surface area contributed by atoms with Gasteiger partial charge in [0.25, 0.3) is 0 Å². The molecular weight excluding hydrogens is 492 g/mol. The Morgan fingerprint density at radius 1 is 0.842 bits per heavy atom. The van der Waals surface area contributed by atoms with E-state index in [1.54, 1.807) is 48.5 Å². The lowest BCUT2D eigenvalue weighted by atomic mass is 9.75. The van der Waals surface area contributed by atoms with Crippen molar-refractivity contribution in [1.29, 1.82) is 0 Å². The van der Waals surface area contributed by atoms with Gasteiger partial charge in [0.15, 0.2) is 23.2 Å². The van der Waals surface area contributed by atoms with Crippen LogP contribution in [0, 0.1) is 23.3 Å². The highest BCUT2D eigenvalue weighted by molar-refractivity contribution is 5.65. The molecule has 0 radical (unpaired) electrons. The van der Waals surface area contributed by atoms with Crippen molar-refractivity contribution in [2.75, 3.05) is 6.61 Å². The van der Waals surface area contributed by atoms with Crippen molar-refractivity contribution in [3.8, 4) is 16.9 Å². The van der Waals surface area contributed by atoms with E-state index in [4.69, 9.17) is 4.74 Å². The monoisotopic (exact) mass is 526 g/mol. The van der Waals surface area contributed by atoms with Crippen molar-refractivity contribution in [3.63, 3.8) is 0 Å². The molecule has 4 rings (SSSR count). The summed E-state index contributed by atoms with van der Waals surface area (Å²) in [5.41, 5.74) is 2.07. The van der Waals surface area contributed by atoms with Gasteiger partial charge in [-0.05, 0) is 78.7 Å². The molecule has 1 aliphatic carbocycles. The van der Waals surface area contributed by atoms with Crippen LogP contribution in [0.4, 0.5) is 17.6 Å². The third kappa shape index (κ3) is 5.96. The summed E-state index contributed by atoms with van der Waals surface area (Å²) in [4.78, 5) is 0. The molecule has 1 fully saturated rings. The zero-order valence-corrected chi connectivity index (χ0v) is 21.7. The average molecular weight is 527 g/mol. The Balaban J connectivity index is 1.45. The van der Waals surface area contributed by atoms with Crippen molar-refractivity contribution in [2.45, 2.75) is 69.8 Å². The van der Waals surface area contributed by atoms with E-state index < -0.39 is 29.4 Å². The van der Waals surface area contributed by atoms with Crippen molar-refractivity contribution in [3.05, 3.63) is 101 Å². The molecule has 2 nitrogen and oxygen atoms in total. The Labute approximate surface area is 222 Å². The molecule has 3 aromatic carbocycles. The largest absolute Gasteiger partial charge is 0.490 e. The zero-order chi connectivity index (χ0) is 27.2. The third-order valence-corrected chi connectivity index (χ3v) is 7.54. The van der Waals surface area contributed by atoms with Crippen LogP contribution in [0.1, 0.15) is 86.5 Å². The fourth-order valence-corrected chi connectivity index (χ4v) is 5.37. The summed E-state index contributed by atoms with van der Waals surface area (Å²) in [5, 5.41) is 10.2. The fraction of sp³-hybridized carbons (Fsp3) is 0.375. The summed E-state index contributed by atoms with van der Waals surface area (Å²) in [5.74, 6) is -4.17. The van der Waals surface area contributed by atoms with E-state index >= 15 is 8.78 Å². The maximum Gasteiger partial charge on any atom is 0.200 e. The van der Waals surface area contributed by atoms with Crippen LogP contribution in [0.3, 0.4) is 0 Å². The molecule has 1 N–H and O–H groups in total. The zero-order valence-electron chi connectivity index (χ0n) is 21.7. The average Bonchev–Trinajstić information content (AvgIpc) is 2.93. The van der Waals surface area contributed by atoms with E-state index in [1.807, 2.05) is 6.92 Å². The van der Waals surface area contributed by atoms with Gasteiger partial charge in [0.1, 0.15) is 0 Å². The first kappa shape index (κ1) is 27.9. The highest BCUT2D eigenvalue weighted by Gasteiger charge is 2.30. The number of hydrogen-bond donors (Lipinski definition) is 1. The molecule has 0 bridgehead atoms. The molecule has 1 aliphatic rings. The summed E-state index contributed by atoms with van der Waals surface area (Å²) in [6, 6.07) is 13.1. The van der Waals surface area contributed by atoms with Crippen LogP contribution in [-0.4, -0.2) is 11.7 Å². The van der Waals surface area contributed by atoms with Gasteiger partial charge in [-0.2, -0.15) is 4.39 Å². The first-order chi connectivity index (χ1) is 18.3. The van der Waals surface area contributed by atoms with Gasteiger partial charge < -0.3 is 9.84 Å². The molecule has 0 saturated heterocycles. The summed E-state index contributed by atoms with van der Waals surface area (Å²) in [6.07, 6.45) is 5.25. The Bertz CT molecular complexity index is 1250. The molecule has 0 spiro atoms. The summed E-state index contributed by atoms with van der Waals surface area (Å²) in [7, 11) is 0. The van der Waals surface area contributed by atoms with Gasteiger partial charge in [-0.25, -0.2) is 13.2 Å². The molecule has 3 aromatic rings. The lowest BCUT2D eigenvalue weighted by molar-refractivity contribution is 0.166. The second kappa shape index (κ2) is 12.6. The van der Waals surface area contributed by atoms with E-state index in [0.29, 0.717) is 55.2 Å². The molecule has 1 atom stereocenters. The number of rotatable bonds is 10. The number of halogens is 4. The lowest BCUT2D eigenvalue weighted by Gasteiger charge is -2.30. The number of hydrogen-bond acceptors (Lipinski definition) is 2. The smallest absolute Gasteiger partial charge is 0.200 e. The van der Waals surface area contributed by atoms with Gasteiger partial charge in [0, 0.05) is 5.56 Å². The third-order valence-electron chi connectivity index (χ3n) is 7.54. The number of benzene rings is 3. The fourth-order valence-electron chi connectivity index (χ4n) is 5.37. The Kier molecular flexibility index (Phi) is 9.26. The molecule has 0 aliphatic heterocycles. The van der Waals surface area contributed by atoms with Gasteiger partial charge in [0.2, 0.25) is 5.82 Å². The highest BCUT2D eigenvalue weighted by Crippen LogP contribution is 2.43. The van der Waals surface area contributed by atoms with E-state index in [0.717, 1.165) is 12.0 Å². The Morgan fingerprint density at radius 3 is 2.00 bits per heavy atom. The minimum absolute atomic E-state index is 0.119. The topological polar surface area (TPSA) is 29.5 Å². The molecule has 0 aromatic heterocycles. The van der Waals surface area contributed by atoms with E-state index in [-0.39, 0.29) is 29.8 Å². The van der Waals surface area contributed by atoms with Crippen LogP contribution in [-0.2, 0) is 0 Å². The molecule has 0 heterocycles. The maximum absolute atomic E-state index is 15.2. The Hall–Kier alpha value is -3.12. The van der Waals surface area contributed by atoms with Gasteiger partial charge in [0.05, 0.1) is 12.7 Å². The van der Waals surface area contributed by atoms with Gasteiger partial charge >= 0.3 is 0 Å². The minimum atomic E-state index is -0.995. The first-order valence-electron chi connectivity index (χ1n) is 13.3. The number of aliphatic hydroxyl groups is 1. The van der Waals surface area contributed by atoms with Crippen LogP contribution < -0.4 is 4.74 Å². The predicted molar refractivity (Wildman–Crippen MR) is 142 cm³/mol. The SMILES string of the molecule is C=CCCOc1ccc(C2CCC(c3ccc(-c4ccc(C(O)CCC)cc4)c(F)c3F)CC2)c(F)c1F. The van der Waals surface area contributed by atoms with Gasteiger partial charge in [-0.3, -0.25) is 0 Å². The minimum Gasteiger partial charge on any atom is -0.490 e. The lowest BCUT2D eigenvalue weighted by Crippen LogP contribution is -2.15. The van der Waals surface area contributed by atoms with Crippen molar-refractivity contribution >= 4 is 0 Å². The highest BCUT2D eigenvalue weighted by atomic mass is 19.2. The molecular formula is C32H34F4O2. The van der Waals surface area contributed by atoms with Crippen LogP contribution >= 0.6 is 0 Å².